The van der Waals surface area contributed by atoms with Crippen LogP contribution < -0.4 is 10.1 Å². The van der Waals surface area contributed by atoms with Crippen molar-refractivity contribution < 1.29 is 28.9 Å². The summed E-state index contributed by atoms with van der Waals surface area (Å²) in [6.45, 7) is 3.86. The Kier molecular flexibility index (Phi) is 7.18. The van der Waals surface area contributed by atoms with E-state index in [1.165, 1.54) is 36.1 Å². The van der Waals surface area contributed by atoms with Gasteiger partial charge in [-0.25, -0.2) is 4.68 Å². The molecule has 8 nitrogen and oxygen atoms in total. The highest BCUT2D eigenvalue weighted by Crippen LogP contribution is 2.39. The third kappa shape index (κ3) is 5.60. The molecule has 0 fully saturated rings. The van der Waals surface area contributed by atoms with Gasteiger partial charge in [0.25, 0.3) is 5.91 Å². The van der Waals surface area contributed by atoms with E-state index in [9.17, 15) is 24.2 Å². The van der Waals surface area contributed by atoms with Crippen LogP contribution in [-0.4, -0.2) is 45.0 Å². The van der Waals surface area contributed by atoms with E-state index in [0.29, 0.717) is 17.9 Å². The number of phenolic OH excluding ortho intramolecular Hbond substituents is 1. The smallest absolute Gasteiger partial charge is 0.305 e. The van der Waals surface area contributed by atoms with Crippen molar-refractivity contribution in [1.29, 1.82) is 0 Å². The summed E-state index contributed by atoms with van der Waals surface area (Å²) in [4.78, 5) is 24.2. The second-order valence-electron chi connectivity index (χ2n) is 7.90. The molecule has 1 amide bonds. The number of aromatic hydroxyl groups is 1. The molecule has 0 aliphatic heterocycles. The molecule has 1 heterocycles. The van der Waals surface area contributed by atoms with E-state index in [2.05, 4.69) is 21.9 Å². The van der Waals surface area contributed by atoms with Crippen LogP contribution >= 0.6 is 0 Å². The minimum atomic E-state index is -1.03. The first-order chi connectivity index (χ1) is 15.7. The van der Waals surface area contributed by atoms with Crippen molar-refractivity contribution in [3.05, 3.63) is 59.4 Å². The standard InChI is InChI=1S/C24H24FN3O5/c1-14(2)11-16(12-22(30)31)26-24(32)18-13-19(23-20(29)5-4-6-21(23)33-3)28(27-18)17-9-7-15(25)8-10-17/h4-7,9,13-14,16,29H,11-12H2,1-3H3,(H,26,32)(H,30,31)/t16-/m0/s1. The zero-order chi connectivity index (χ0) is 24.1. The quantitative estimate of drug-likeness (QED) is 0.496. The predicted octanol–water partition coefficient (Wildman–Crippen LogP) is 3.90. The minimum Gasteiger partial charge on any atom is -0.507 e. The maximum absolute atomic E-state index is 13.4. The summed E-state index contributed by atoms with van der Waals surface area (Å²) in [6.07, 6.45) is 2.82. The van der Waals surface area contributed by atoms with Crippen molar-refractivity contribution >= 4 is 17.6 Å². The Morgan fingerprint density at radius 2 is 2.03 bits per heavy atom. The van der Waals surface area contributed by atoms with Crippen molar-refractivity contribution in [3.63, 3.8) is 0 Å². The van der Waals surface area contributed by atoms with Crippen LogP contribution in [0.5, 0.6) is 11.5 Å². The molecule has 0 radical (unpaired) electrons. The van der Waals surface area contributed by atoms with Crippen molar-refractivity contribution in [2.24, 2.45) is 5.92 Å². The summed E-state index contributed by atoms with van der Waals surface area (Å²) >= 11 is 0. The first-order valence-corrected chi connectivity index (χ1v) is 10.3. The molecule has 2 aromatic rings. The number of benzene rings is 1. The van der Waals surface area contributed by atoms with Gasteiger partial charge in [-0.15, -0.1) is 0 Å². The van der Waals surface area contributed by atoms with E-state index in [4.69, 9.17) is 4.74 Å². The number of phenols is 1. The molecular formula is C24H24FN3O5. The number of methoxy groups -OCH3 is 1. The molecule has 1 atom stereocenters. The monoisotopic (exact) mass is 453 g/mol. The van der Waals surface area contributed by atoms with Crippen molar-refractivity contribution in [1.82, 2.24) is 15.1 Å². The lowest BCUT2D eigenvalue weighted by molar-refractivity contribution is -0.137. The minimum absolute atomic E-state index is 0.0211. The molecule has 0 saturated heterocycles. The fourth-order valence-corrected chi connectivity index (χ4v) is 3.52. The normalized spacial score (nSPS) is 13.5. The molecule has 1 aromatic heterocycles. The number of carboxylic acids is 1. The number of nitrogens with zero attached hydrogens (tertiary/aromatic N) is 2. The third-order valence-corrected chi connectivity index (χ3v) is 4.86. The lowest BCUT2D eigenvalue weighted by Gasteiger charge is -2.18. The molecule has 3 N–H and O–H groups in total. The largest absolute Gasteiger partial charge is 0.507 e. The fourth-order valence-electron chi connectivity index (χ4n) is 3.52. The number of nitrogens with one attached hydrogen (secondary N) is 1. The molecule has 3 rings (SSSR count). The number of hydrogen-bond acceptors (Lipinski definition) is 5. The Morgan fingerprint density at radius 3 is 2.64 bits per heavy atom. The lowest BCUT2D eigenvalue weighted by Crippen LogP contribution is -2.37. The zero-order valence-electron chi connectivity index (χ0n) is 18.4. The van der Waals surface area contributed by atoms with E-state index in [1.54, 1.807) is 12.1 Å². The Balaban J connectivity index is 2.09. The molecule has 172 valence electrons. The number of rotatable bonds is 9. The van der Waals surface area contributed by atoms with E-state index >= 15 is 0 Å². The summed E-state index contributed by atoms with van der Waals surface area (Å²) in [5, 5.41) is 26.8. The number of ether oxygens (including phenoxy) is 1. The van der Waals surface area contributed by atoms with E-state index in [-0.39, 0.29) is 35.0 Å². The van der Waals surface area contributed by atoms with Crippen LogP contribution in [0.1, 0.15) is 37.2 Å². The zero-order valence-corrected chi connectivity index (χ0v) is 18.4. The van der Waals surface area contributed by atoms with Crippen molar-refractivity contribution in [2.75, 3.05) is 7.11 Å². The van der Waals surface area contributed by atoms with Gasteiger partial charge in [0, 0.05) is 6.04 Å². The molecule has 0 spiro atoms. The molecular weight excluding hydrogens is 429 g/mol. The number of allylic oxidation sites excluding steroid dienone is 4. The van der Waals surface area contributed by atoms with E-state index in [0.717, 1.165) is 0 Å². The van der Waals surface area contributed by atoms with Gasteiger partial charge in [-0.05, 0) is 54.2 Å². The predicted molar refractivity (Wildman–Crippen MR) is 119 cm³/mol. The van der Waals surface area contributed by atoms with Gasteiger partial charge >= 0.3 is 5.97 Å². The Morgan fingerprint density at radius 1 is 1.27 bits per heavy atom. The van der Waals surface area contributed by atoms with Crippen LogP contribution in [0.25, 0.3) is 17.0 Å². The number of hydrogen-bond donors (Lipinski definition) is 3. The van der Waals surface area contributed by atoms with Crippen LogP contribution in [0.3, 0.4) is 0 Å². The SMILES string of the molecule is COc1cccc(O)c1-c1cc(C(=O)N[C@H](CC(=O)O)CC(C)C)nn1C1=C=C=C(F)C=C1. The molecule has 0 bridgehead atoms. The average molecular weight is 453 g/mol. The first-order valence-electron chi connectivity index (χ1n) is 10.3. The number of halogens is 1. The number of carbonyl (C=O) groups is 2. The highest BCUT2D eigenvalue weighted by molar-refractivity contribution is 5.95. The maximum atomic E-state index is 13.4. The van der Waals surface area contributed by atoms with E-state index < -0.39 is 23.7 Å². The van der Waals surface area contributed by atoms with Gasteiger partial charge in [0.05, 0.1) is 24.8 Å². The summed E-state index contributed by atoms with van der Waals surface area (Å²) in [5.74, 6) is -1.84. The molecule has 1 aromatic carbocycles. The van der Waals surface area contributed by atoms with E-state index in [1.807, 2.05) is 13.8 Å². The van der Waals surface area contributed by atoms with Gasteiger partial charge in [-0.3, -0.25) is 9.59 Å². The van der Waals surface area contributed by atoms with Gasteiger partial charge in [-0.1, -0.05) is 19.9 Å². The van der Waals surface area contributed by atoms with Crippen molar-refractivity contribution in [2.45, 2.75) is 32.7 Å². The number of carbonyl (C=O) groups excluding carboxylic acids is 1. The van der Waals surface area contributed by atoms with Crippen molar-refractivity contribution in [3.8, 4) is 22.8 Å². The second-order valence-corrected chi connectivity index (χ2v) is 7.90. The van der Waals surface area contributed by atoms with Crippen LogP contribution in [0.2, 0.25) is 0 Å². The number of aromatic nitrogens is 2. The van der Waals surface area contributed by atoms with Gasteiger partial charge in [-0.2, -0.15) is 9.49 Å². The maximum Gasteiger partial charge on any atom is 0.305 e. The lowest BCUT2D eigenvalue weighted by atomic mass is 10.0. The van der Waals surface area contributed by atoms with Gasteiger partial charge in [0.1, 0.15) is 17.2 Å². The summed E-state index contributed by atoms with van der Waals surface area (Å²) in [5.41, 5.74) is 5.78. The average Bonchev–Trinajstić information content (AvgIpc) is 3.18. The highest BCUT2D eigenvalue weighted by atomic mass is 19.1. The molecule has 1 aliphatic carbocycles. The fraction of sp³-hybridized carbons (Fsp3) is 0.292. The Hall–Kier alpha value is -4.06. The van der Waals surface area contributed by atoms with Gasteiger partial charge in [0.2, 0.25) is 0 Å². The third-order valence-electron chi connectivity index (χ3n) is 4.86. The van der Waals surface area contributed by atoms with Gasteiger partial charge in [0.15, 0.2) is 11.5 Å². The highest BCUT2D eigenvalue weighted by Gasteiger charge is 2.24. The topological polar surface area (TPSA) is 114 Å². The summed E-state index contributed by atoms with van der Waals surface area (Å²) in [7, 11) is 1.44. The molecule has 1 aliphatic rings. The van der Waals surface area contributed by atoms with Crippen LogP contribution in [0.4, 0.5) is 4.39 Å². The molecule has 33 heavy (non-hydrogen) atoms. The summed E-state index contributed by atoms with van der Waals surface area (Å²) in [6, 6.07) is 5.55. The van der Waals surface area contributed by atoms with Crippen LogP contribution in [0, 0.1) is 5.92 Å². The number of amides is 1. The molecule has 9 heteroatoms. The Labute approximate surface area is 190 Å². The summed E-state index contributed by atoms with van der Waals surface area (Å²) < 4.78 is 20.1. The molecule has 0 unspecified atom stereocenters. The van der Waals surface area contributed by atoms with Gasteiger partial charge < -0.3 is 20.3 Å². The number of carboxylic acid groups (broad SMARTS) is 1. The molecule has 0 saturated carbocycles. The van der Waals surface area contributed by atoms with Crippen LogP contribution in [-0.2, 0) is 4.79 Å². The number of aliphatic carboxylic acids is 1. The second kappa shape index (κ2) is 10.0. The Bertz CT molecular complexity index is 1210. The van der Waals surface area contributed by atoms with Crippen LogP contribution in [0.15, 0.2) is 53.7 Å². The first kappa shape index (κ1) is 23.6.